The van der Waals surface area contributed by atoms with E-state index in [1.165, 1.54) is 17.0 Å². The van der Waals surface area contributed by atoms with Gasteiger partial charge in [0.2, 0.25) is 11.8 Å². The Hall–Kier alpha value is -2.61. The van der Waals surface area contributed by atoms with Gasteiger partial charge in [0.15, 0.2) is 17.5 Å². The molecule has 1 unspecified atom stereocenters. The summed E-state index contributed by atoms with van der Waals surface area (Å²) in [6, 6.07) is 5.26. The van der Waals surface area contributed by atoms with E-state index in [0.29, 0.717) is 11.8 Å². The number of nitrogens with zero attached hydrogens (tertiary/aromatic N) is 1. The predicted octanol–water partition coefficient (Wildman–Crippen LogP) is 3.89. The van der Waals surface area contributed by atoms with Crippen LogP contribution in [0.4, 0.5) is 28.9 Å². The van der Waals surface area contributed by atoms with Gasteiger partial charge in [0.1, 0.15) is 5.82 Å². The van der Waals surface area contributed by atoms with Crippen molar-refractivity contribution < 1.29 is 27.2 Å². The van der Waals surface area contributed by atoms with Crippen molar-refractivity contribution in [3.05, 3.63) is 58.6 Å². The van der Waals surface area contributed by atoms with E-state index < -0.39 is 46.7 Å². The highest BCUT2D eigenvalue weighted by molar-refractivity contribution is 6.31. The average Bonchev–Trinajstić information content (AvgIpc) is 3.00. The Kier molecular flexibility index (Phi) is 4.86. The molecule has 3 rings (SSSR count). The largest absolute Gasteiger partial charge is 0.323 e. The molecule has 2 aromatic carbocycles. The van der Waals surface area contributed by atoms with Gasteiger partial charge >= 0.3 is 0 Å². The molecule has 2 amide bonds. The van der Waals surface area contributed by atoms with Gasteiger partial charge in [-0.25, -0.2) is 17.6 Å². The maximum Gasteiger partial charge on any atom is 0.229 e. The van der Waals surface area contributed by atoms with E-state index in [0.717, 1.165) is 12.1 Å². The van der Waals surface area contributed by atoms with Crippen LogP contribution in [-0.2, 0) is 9.59 Å². The number of halogens is 5. The summed E-state index contributed by atoms with van der Waals surface area (Å²) in [5.74, 6) is -7.23. The van der Waals surface area contributed by atoms with Crippen LogP contribution in [0, 0.1) is 29.2 Å². The Morgan fingerprint density at radius 1 is 1.08 bits per heavy atom. The molecule has 1 aliphatic heterocycles. The maximum atomic E-state index is 13.7. The monoisotopic (exact) mass is 386 g/mol. The van der Waals surface area contributed by atoms with Gasteiger partial charge in [-0.3, -0.25) is 9.59 Å². The molecule has 0 aliphatic carbocycles. The third-order valence-electron chi connectivity index (χ3n) is 4.00. The lowest BCUT2D eigenvalue weighted by molar-refractivity contribution is -0.122. The summed E-state index contributed by atoms with van der Waals surface area (Å²) < 4.78 is 53.1. The van der Waals surface area contributed by atoms with Crippen molar-refractivity contribution in [2.24, 2.45) is 5.92 Å². The fourth-order valence-corrected chi connectivity index (χ4v) is 2.82. The number of nitrogens with one attached hydrogen (secondary N) is 1. The topological polar surface area (TPSA) is 49.4 Å². The second-order valence-electron chi connectivity index (χ2n) is 5.72. The van der Waals surface area contributed by atoms with E-state index in [1.54, 1.807) is 0 Å². The molecule has 2 aromatic rings. The zero-order valence-electron chi connectivity index (χ0n) is 13.0. The first-order valence-electron chi connectivity index (χ1n) is 7.47. The summed E-state index contributed by atoms with van der Waals surface area (Å²) in [7, 11) is 0. The maximum absolute atomic E-state index is 13.7. The molecule has 1 N–H and O–H groups in total. The standard InChI is InChI=1S/C17H11ClF4N2O2/c18-10-6-9(1-2-11(10)19)24-7-8(5-14(24)25)17(26)23-13-4-3-12(20)15(21)16(13)22/h1-4,6,8H,5,7H2,(H,23,26). The first-order valence-corrected chi connectivity index (χ1v) is 7.85. The van der Waals surface area contributed by atoms with Crippen LogP contribution in [0.5, 0.6) is 0 Å². The smallest absolute Gasteiger partial charge is 0.229 e. The lowest BCUT2D eigenvalue weighted by Gasteiger charge is -2.17. The predicted molar refractivity (Wildman–Crippen MR) is 86.8 cm³/mol. The fourth-order valence-electron chi connectivity index (χ4n) is 2.64. The zero-order chi connectivity index (χ0) is 19.0. The van der Waals surface area contributed by atoms with Gasteiger partial charge in [0, 0.05) is 18.7 Å². The summed E-state index contributed by atoms with van der Waals surface area (Å²) in [4.78, 5) is 25.6. The van der Waals surface area contributed by atoms with Gasteiger partial charge in [0.05, 0.1) is 16.6 Å². The summed E-state index contributed by atoms with van der Waals surface area (Å²) in [5, 5.41) is 1.97. The number of anilines is 2. The van der Waals surface area contributed by atoms with Crippen molar-refractivity contribution >= 4 is 34.8 Å². The van der Waals surface area contributed by atoms with Crippen molar-refractivity contribution in [2.45, 2.75) is 6.42 Å². The molecule has 0 spiro atoms. The summed E-state index contributed by atoms with van der Waals surface area (Å²) >= 11 is 5.69. The molecule has 4 nitrogen and oxygen atoms in total. The van der Waals surface area contributed by atoms with Crippen LogP contribution < -0.4 is 10.2 Å². The third-order valence-corrected chi connectivity index (χ3v) is 4.29. The lowest BCUT2D eigenvalue weighted by atomic mass is 10.1. The Morgan fingerprint density at radius 3 is 2.46 bits per heavy atom. The molecular weight excluding hydrogens is 376 g/mol. The SMILES string of the molecule is O=C(Nc1ccc(F)c(F)c1F)C1CC(=O)N(c2ccc(F)c(Cl)c2)C1. The van der Waals surface area contributed by atoms with Gasteiger partial charge in [-0.15, -0.1) is 0 Å². The average molecular weight is 387 g/mol. The Bertz CT molecular complexity index is 907. The molecular formula is C17H11ClF4N2O2. The van der Waals surface area contributed by atoms with Gasteiger partial charge in [-0.2, -0.15) is 0 Å². The molecule has 1 heterocycles. The quantitative estimate of drug-likeness (QED) is 0.642. The van der Waals surface area contributed by atoms with Crippen molar-refractivity contribution in [2.75, 3.05) is 16.8 Å². The molecule has 136 valence electrons. The highest BCUT2D eigenvalue weighted by Crippen LogP contribution is 2.29. The van der Waals surface area contributed by atoms with Crippen LogP contribution >= 0.6 is 11.6 Å². The molecule has 0 radical (unpaired) electrons. The van der Waals surface area contributed by atoms with Gasteiger partial charge in [-0.1, -0.05) is 11.6 Å². The number of carbonyl (C=O) groups excluding carboxylic acids is 2. The molecule has 0 aromatic heterocycles. The first-order chi connectivity index (χ1) is 12.3. The first kappa shape index (κ1) is 18.2. The van der Waals surface area contributed by atoms with Crippen molar-refractivity contribution in [1.29, 1.82) is 0 Å². The van der Waals surface area contributed by atoms with Crippen molar-refractivity contribution in [3.8, 4) is 0 Å². The fraction of sp³-hybridized carbons (Fsp3) is 0.176. The van der Waals surface area contributed by atoms with E-state index in [9.17, 15) is 27.2 Å². The van der Waals surface area contributed by atoms with Crippen LogP contribution in [-0.4, -0.2) is 18.4 Å². The minimum absolute atomic E-state index is 0.0437. The number of hydrogen-bond donors (Lipinski definition) is 1. The van der Waals surface area contributed by atoms with Crippen LogP contribution in [0.15, 0.2) is 30.3 Å². The van der Waals surface area contributed by atoms with Crippen LogP contribution in [0.25, 0.3) is 0 Å². The number of amides is 2. The third kappa shape index (κ3) is 3.37. The van der Waals surface area contributed by atoms with Crippen molar-refractivity contribution in [1.82, 2.24) is 0 Å². The van der Waals surface area contributed by atoms with E-state index in [1.807, 2.05) is 0 Å². The van der Waals surface area contributed by atoms with E-state index in [2.05, 4.69) is 5.32 Å². The minimum Gasteiger partial charge on any atom is -0.323 e. The Morgan fingerprint density at radius 2 is 1.77 bits per heavy atom. The lowest BCUT2D eigenvalue weighted by Crippen LogP contribution is -2.28. The summed E-state index contributed by atoms with van der Waals surface area (Å²) in [5.41, 5.74) is -0.208. The summed E-state index contributed by atoms with van der Waals surface area (Å²) in [6.45, 7) is -0.0437. The number of carbonyl (C=O) groups is 2. The van der Waals surface area contributed by atoms with Crippen LogP contribution in [0.2, 0.25) is 5.02 Å². The Labute approximate surface area is 150 Å². The molecule has 1 fully saturated rings. The molecule has 1 aliphatic rings. The molecule has 1 atom stereocenters. The number of hydrogen-bond acceptors (Lipinski definition) is 2. The van der Waals surface area contributed by atoms with Gasteiger partial charge in [-0.05, 0) is 30.3 Å². The molecule has 0 saturated carbocycles. The van der Waals surface area contributed by atoms with Crippen LogP contribution in [0.1, 0.15) is 6.42 Å². The van der Waals surface area contributed by atoms with Gasteiger partial charge < -0.3 is 10.2 Å². The zero-order valence-corrected chi connectivity index (χ0v) is 13.8. The van der Waals surface area contributed by atoms with E-state index >= 15 is 0 Å². The highest BCUT2D eigenvalue weighted by atomic mass is 35.5. The molecule has 26 heavy (non-hydrogen) atoms. The normalized spacial score (nSPS) is 16.9. The van der Waals surface area contributed by atoms with Gasteiger partial charge in [0.25, 0.3) is 0 Å². The minimum atomic E-state index is -1.70. The van der Waals surface area contributed by atoms with Crippen LogP contribution in [0.3, 0.4) is 0 Å². The second-order valence-corrected chi connectivity index (χ2v) is 6.12. The van der Waals surface area contributed by atoms with E-state index in [4.69, 9.17) is 11.6 Å². The molecule has 0 bridgehead atoms. The number of benzene rings is 2. The number of rotatable bonds is 3. The summed E-state index contributed by atoms with van der Waals surface area (Å²) in [6.07, 6.45) is -0.174. The van der Waals surface area contributed by atoms with Crippen molar-refractivity contribution in [3.63, 3.8) is 0 Å². The molecule has 1 saturated heterocycles. The Balaban J connectivity index is 1.75. The van der Waals surface area contributed by atoms with E-state index in [-0.39, 0.29) is 18.0 Å². The second kappa shape index (κ2) is 6.95. The highest BCUT2D eigenvalue weighted by Gasteiger charge is 2.35. The molecule has 9 heteroatoms.